The van der Waals surface area contributed by atoms with E-state index in [2.05, 4.69) is 0 Å². The predicted octanol–water partition coefficient (Wildman–Crippen LogP) is -0.131. The summed E-state index contributed by atoms with van der Waals surface area (Å²) in [7, 11) is 0. The molecule has 0 saturated carbocycles. The molecule has 1 unspecified atom stereocenters. The lowest BCUT2D eigenvalue weighted by Gasteiger charge is -2.39. The number of hydrogen-bond acceptors (Lipinski definition) is 7. The zero-order chi connectivity index (χ0) is 16.8. The number of carbonyl (C=O) groups is 1. The van der Waals surface area contributed by atoms with Crippen molar-refractivity contribution in [3.63, 3.8) is 0 Å². The second-order valence-electron chi connectivity index (χ2n) is 5.34. The Bertz CT molecular complexity index is 492. The Labute approximate surface area is 134 Å². The van der Waals surface area contributed by atoms with E-state index in [4.69, 9.17) is 14.2 Å². The molecule has 0 amide bonds. The molecule has 1 aliphatic heterocycles. The van der Waals surface area contributed by atoms with Crippen LogP contribution >= 0.6 is 0 Å². The smallest absolute Gasteiger partial charge is 0.187 e. The highest BCUT2D eigenvalue weighted by molar-refractivity contribution is 5.79. The molecule has 1 saturated heterocycles. The highest BCUT2D eigenvalue weighted by atomic mass is 16.7. The van der Waals surface area contributed by atoms with Crippen LogP contribution in [0.4, 0.5) is 0 Å². The molecule has 128 valence electrons. The summed E-state index contributed by atoms with van der Waals surface area (Å²) < 4.78 is 16.1. The third kappa shape index (κ3) is 4.73. The summed E-state index contributed by atoms with van der Waals surface area (Å²) in [4.78, 5) is 11.3. The summed E-state index contributed by atoms with van der Waals surface area (Å²) in [5.74, 6) is 0.432. The van der Waals surface area contributed by atoms with E-state index in [-0.39, 0.29) is 19.0 Å². The summed E-state index contributed by atoms with van der Waals surface area (Å²) in [5.41, 5.74) is 0. The molecule has 1 aromatic rings. The molecule has 3 N–H and O–H groups in total. The van der Waals surface area contributed by atoms with Crippen molar-refractivity contribution in [2.75, 3.05) is 13.2 Å². The Kier molecular flexibility index (Phi) is 6.49. The quantitative estimate of drug-likeness (QED) is 0.641. The van der Waals surface area contributed by atoms with Gasteiger partial charge >= 0.3 is 0 Å². The first-order chi connectivity index (χ1) is 11.0. The lowest BCUT2D eigenvalue weighted by molar-refractivity contribution is -0.298. The van der Waals surface area contributed by atoms with Gasteiger partial charge in [-0.1, -0.05) is 25.1 Å². The maximum atomic E-state index is 11.3. The molecule has 0 spiro atoms. The van der Waals surface area contributed by atoms with Crippen LogP contribution in [0.1, 0.15) is 13.3 Å². The zero-order valence-electron chi connectivity index (χ0n) is 12.9. The van der Waals surface area contributed by atoms with Gasteiger partial charge in [-0.3, -0.25) is 4.79 Å². The average molecular weight is 326 g/mol. The van der Waals surface area contributed by atoms with Crippen LogP contribution in [0.2, 0.25) is 0 Å². The second kappa shape index (κ2) is 8.37. The number of para-hydroxylation sites is 1. The van der Waals surface area contributed by atoms with Gasteiger partial charge in [-0.05, 0) is 12.1 Å². The van der Waals surface area contributed by atoms with Crippen molar-refractivity contribution in [1.82, 2.24) is 0 Å². The molecule has 0 radical (unpaired) electrons. The fourth-order valence-corrected chi connectivity index (χ4v) is 2.16. The summed E-state index contributed by atoms with van der Waals surface area (Å²) >= 11 is 0. The summed E-state index contributed by atoms with van der Waals surface area (Å²) in [6.07, 6.45) is -6.01. The summed E-state index contributed by atoms with van der Waals surface area (Å²) in [6, 6.07) is 8.93. The van der Waals surface area contributed by atoms with Crippen molar-refractivity contribution in [2.24, 2.45) is 0 Å². The first kappa shape index (κ1) is 17.8. The molecule has 0 aliphatic carbocycles. The van der Waals surface area contributed by atoms with Gasteiger partial charge < -0.3 is 29.5 Å². The third-order valence-electron chi connectivity index (χ3n) is 3.63. The van der Waals surface area contributed by atoms with E-state index in [1.54, 1.807) is 31.2 Å². The van der Waals surface area contributed by atoms with Crippen LogP contribution in [0.15, 0.2) is 30.3 Å². The molecule has 7 heteroatoms. The van der Waals surface area contributed by atoms with E-state index in [0.29, 0.717) is 12.2 Å². The van der Waals surface area contributed by atoms with Gasteiger partial charge in [0.05, 0.1) is 0 Å². The number of ether oxygens (including phenoxy) is 3. The van der Waals surface area contributed by atoms with Crippen molar-refractivity contribution in [2.45, 2.75) is 44.1 Å². The first-order valence-corrected chi connectivity index (χ1v) is 7.53. The Morgan fingerprint density at radius 3 is 2.48 bits per heavy atom. The highest BCUT2D eigenvalue weighted by Gasteiger charge is 2.44. The maximum Gasteiger partial charge on any atom is 0.187 e. The number of hydrogen-bond donors (Lipinski definition) is 3. The minimum Gasteiger partial charge on any atom is -0.491 e. The molecule has 1 aliphatic rings. The number of rotatable bonds is 7. The Morgan fingerprint density at radius 2 is 1.83 bits per heavy atom. The SMILES string of the molecule is CCC(=O)COC1O[C@H](COc2ccccc2)[C@@H](O)[C@H](O)[C@H]1O. The lowest BCUT2D eigenvalue weighted by atomic mass is 9.99. The summed E-state index contributed by atoms with van der Waals surface area (Å²) in [5, 5.41) is 29.8. The number of ketones is 1. The average Bonchev–Trinajstić information content (AvgIpc) is 2.58. The monoisotopic (exact) mass is 326 g/mol. The Balaban J connectivity index is 1.94. The number of aliphatic hydroxyl groups excluding tert-OH is 3. The number of benzene rings is 1. The number of Topliss-reactive ketones (excluding diaryl/α,β-unsaturated/α-hetero) is 1. The molecular formula is C16H22O7. The molecule has 23 heavy (non-hydrogen) atoms. The lowest BCUT2D eigenvalue weighted by Crippen LogP contribution is -2.59. The van der Waals surface area contributed by atoms with E-state index < -0.39 is 30.7 Å². The van der Waals surface area contributed by atoms with Crippen molar-refractivity contribution in [3.05, 3.63) is 30.3 Å². The van der Waals surface area contributed by atoms with Crippen LogP contribution in [0, 0.1) is 0 Å². The van der Waals surface area contributed by atoms with Crippen LogP contribution in [0.3, 0.4) is 0 Å². The van der Waals surface area contributed by atoms with Gasteiger partial charge in [0, 0.05) is 6.42 Å². The molecule has 1 heterocycles. The summed E-state index contributed by atoms with van der Waals surface area (Å²) in [6.45, 7) is 1.43. The van der Waals surface area contributed by atoms with Crippen molar-refractivity contribution in [1.29, 1.82) is 0 Å². The van der Waals surface area contributed by atoms with Gasteiger partial charge in [-0.25, -0.2) is 0 Å². The van der Waals surface area contributed by atoms with Crippen molar-refractivity contribution < 1.29 is 34.3 Å². The van der Waals surface area contributed by atoms with Crippen LogP contribution in [0.25, 0.3) is 0 Å². The van der Waals surface area contributed by atoms with E-state index in [1.165, 1.54) is 0 Å². The standard InChI is InChI=1S/C16H22O7/c1-2-10(17)8-22-16-15(20)14(19)13(18)12(23-16)9-21-11-6-4-3-5-7-11/h3-7,12-16,18-20H,2,8-9H2,1H3/t12-,13-,14+,15-,16?/m1/s1. The topological polar surface area (TPSA) is 105 Å². The number of aliphatic hydroxyl groups is 3. The van der Waals surface area contributed by atoms with Crippen LogP contribution in [-0.4, -0.2) is 65.0 Å². The predicted molar refractivity (Wildman–Crippen MR) is 79.9 cm³/mol. The largest absolute Gasteiger partial charge is 0.491 e. The van der Waals surface area contributed by atoms with Gasteiger partial charge in [-0.2, -0.15) is 0 Å². The third-order valence-corrected chi connectivity index (χ3v) is 3.63. The molecule has 5 atom stereocenters. The Hall–Kier alpha value is -1.51. The maximum absolute atomic E-state index is 11.3. The van der Waals surface area contributed by atoms with Gasteiger partial charge in [0.1, 0.15) is 43.4 Å². The van der Waals surface area contributed by atoms with E-state index in [1.807, 2.05) is 6.07 Å². The molecule has 1 fully saturated rings. The molecule has 0 aromatic heterocycles. The van der Waals surface area contributed by atoms with E-state index >= 15 is 0 Å². The first-order valence-electron chi connectivity index (χ1n) is 7.53. The van der Waals surface area contributed by atoms with Gasteiger partial charge in [0.25, 0.3) is 0 Å². The minimum absolute atomic E-state index is 0.0312. The number of carbonyl (C=O) groups excluding carboxylic acids is 1. The highest BCUT2D eigenvalue weighted by Crippen LogP contribution is 2.23. The molecule has 2 rings (SSSR count). The zero-order valence-corrected chi connectivity index (χ0v) is 12.9. The van der Waals surface area contributed by atoms with Crippen LogP contribution in [-0.2, 0) is 14.3 Å². The van der Waals surface area contributed by atoms with Gasteiger partial charge in [0.15, 0.2) is 12.1 Å². The van der Waals surface area contributed by atoms with Gasteiger partial charge in [0.2, 0.25) is 0 Å². The van der Waals surface area contributed by atoms with Crippen molar-refractivity contribution >= 4 is 5.78 Å². The van der Waals surface area contributed by atoms with Crippen LogP contribution < -0.4 is 4.74 Å². The van der Waals surface area contributed by atoms with E-state index in [0.717, 1.165) is 0 Å². The van der Waals surface area contributed by atoms with Crippen LogP contribution in [0.5, 0.6) is 5.75 Å². The van der Waals surface area contributed by atoms with Crippen molar-refractivity contribution in [3.8, 4) is 5.75 Å². The van der Waals surface area contributed by atoms with E-state index in [9.17, 15) is 20.1 Å². The molecule has 7 nitrogen and oxygen atoms in total. The molecule has 1 aromatic carbocycles. The van der Waals surface area contributed by atoms with Gasteiger partial charge in [-0.15, -0.1) is 0 Å². The fourth-order valence-electron chi connectivity index (χ4n) is 2.16. The second-order valence-corrected chi connectivity index (χ2v) is 5.34. The molecular weight excluding hydrogens is 304 g/mol. The fraction of sp³-hybridized carbons (Fsp3) is 0.562. The normalized spacial score (nSPS) is 30.9. The Morgan fingerprint density at radius 1 is 1.13 bits per heavy atom. The molecule has 0 bridgehead atoms. The minimum atomic E-state index is -1.45.